The predicted molar refractivity (Wildman–Crippen MR) is 102 cm³/mol. The molecule has 0 saturated carbocycles. The van der Waals surface area contributed by atoms with Crippen LogP contribution in [-0.4, -0.2) is 44.6 Å². The van der Waals surface area contributed by atoms with Gasteiger partial charge in [0.05, 0.1) is 23.8 Å². The van der Waals surface area contributed by atoms with E-state index in [4.69, 9.17) is 0 Å². The van der Waals surface area contributed by atoms with E-state index in [0.29, 0.717) is 30.9 Å². The largest absolute Gasteiger partial charge is 0.348 e. The average molecular weight is 381 g/mol. The first kappa shape index (κ1) is 17.4. The normalized spacial score (nSPS) is 16.0. The van der Waals surface area contributed by atoms with Crippen LogP contribution in [0.1, 0.15) is 38.1 Å². The standard InChI is InChI=1S/C19H19N5O2S/c1-13-3-2-4-14(7-13)19(26)23-9-15-5-6-22-24(15)16(10-23)8-20-18(25)17-11-27-12-21-17/h2-7,11-12,16H,8-10H2,1H3,(H,20,25)/t16-/m1/s1. The fourth-order valence-electron chi connectivity index (χ4n) is 3.28. The first-order chi connectivity index (χ1) is 13.1. The van der Waals surface area contributed by atoms with Gasteiger partial charge < -0.3 is 10.2 Å². The van der Waals surface area contributed by atoms with Gasteiger partial charge in [-0.3, -0.25) is 14.3 Å². The van der Waals surface area contributed by atoms with Gasteiger partial charge in [-0.05, 0) is 25.1 Å². The number of nitrogens with zero attached hydrogens (tertiary/aromatic N) is 4. The quantitative estimate of drug-likeness (QED) is 0.752. The van der Waals surface area contributed by atoms with Crippen molar-refractivity contribution in [2.24, 2.45) is 0 Å². The maximum Gasteiger partial charge on any atom is 0.270 e. The molecule has 1 aliphatic heterocycles. The van der Waals surface area contributed by atoms with E-state index in [-0.39, 0.29) is 17.9 Å². The zero-order valence-electron chi connectivity index (χ0n) is 14.8. The monoisotopic (exact) mass is 381 g/mol. The molecule has 1 N–H and O–H groups in total. The number of aryl methyl sites for hydroxylation is 1. The molecule has 0 fully saturated rings. The van der Waals surface area contributed by atoms with E-state index in [9.17, 15) is 9.59 Å². The van der Waals surface area contributed by atoms with Crippen LogP contribution < -0.4 is 5.32 Å². The van der Waals surface area contributed by atoms with Crippen molar-refractivity contribution in [3.63, 3.8) is 0 Å². The summed E-state index contributed by atoms with van der Waals surface area (Å²) in [7, 11) is 0. The molecule has 27 heavy (non-hydrogen) atoms. The molecule has 2 aromatic heterocycles. The van der Waals surface area contributed by atoms with Gasteiger partial charge in [0.1, 0.15) is 5.69 Å². The van der Waals surface area contributed by atoms with E-state index in [2.05, 4.69) is 15.4 Å². The Labute approximate surface area is 160 Å². The summed E-state index contributed by atoms with van der Waals surface area (Å²) < 4.78 is 1.89. The lowest BCUT2D eigenvalue weighted by atomic mass is 10.1. The lowest BCUT2D eigenvalue weighted by Crippen LogP contribution is -2.45. The summed E-state index contributed by atoms with van der Waals surface area (Å²) in [6.07, 6.45) is 1.73. The van der Waals surface area contributed by atoms with Crippen molar-refractivity contribution in [3.8, 4) is 0 Å². The van der Waals surface area contributed by atoms with Crippen LogP contribution in [0.5, 0.6) is 0 Å². The predicted octanol–water partition coefficient (Wildman–Crippen LogP) is 2.28. The average Bonchev–Trinajstić information content (AvgIpc) is 3.36. The summed E-state index contributed by atoms with van der Waals surface area (Å²) in [5.41, 5.74) is 4.71. The molecule has 3 aromatic rings. The van der Waals surface area contributed by atoms with Crippen LogP contribution in [0.2, 0.25) is 0 Å². The highest BCUT2D eigenvalue weighted by atomic mass is 32.1. The van der Waals surface area contributed by atoms with Crippen molar-refractivity contribution in [2.75, 3.05) is 13.1 Å². The molecule has 3 heterocycles. The van der Waals surface area contributed by atoms with E-state index in [0.717, 1.165) is 11.3 Å². The molecule has 2 amide bonds. The fourth-order valence-corrected chi connectivity index (χ4v) is 3.81. The molecule has 1 aromatic carbocycles. The lowest BCUT2D eigenvalue weighted by molar-refractivity contribution is 0.0666. The Morgan fingerprint density at radius 2 is 2.22 bits per heavy atom. The van der Waals surface area contributed by atoms with Crippen molar-refractivity contribution in [3.05, 3.63) is 69.9 Å². The molecule has 0 aliphatic carbocycles. The van der Waals surface area contributed by atoms with Gasteiger partial charge in [-0.1, -0.05) is 17.7 Å². The number of hydrogen-bond acceptors (Lipinski definition) is 5. The molecule has 1 atom stereocenters. The third-order valence-corrected chi connectivity index (χ3v) is 5.18. The van der Waals surface area contributed by atoms with Gasteiger partial charge in [0.25, 0.3) is 11.8 Å². The van der Waals surface area contributed by atoms with Gasteiger partial charge in [0.15, 0.2) is 0 Å². The second-order valence-corrected chi connectivity index (χ2v) is 7.28. The number of thiazole rings is 1. The topological polar surface area (TPSA) is 80.1 Å². The molecule has 1 aliphatic rings. The summed E-state index contributed by atoms with van der Waals surface area (Å²) in [6, 6.07) is 9.37. The summed E-state index contributed by atoms with van der Waals surface area (Å²) in [5.74, 6) is -0.228. The van der Waals surface area contributed by atoms with Gasteiger partial charge in [0.2, 0.25) is 0 Å². The number of benzene rings is 1. The van der Waals surface area contributed by atoms with Gasteiger partial charge in [-0.2, -0.15) is 5.10 Å². The Morgan fingerprint density at radius 3 is 3.00 bits per heavy atom. The number of nitrogens with one attached hydrogen (secondary N) is 1. The summed E-state index contributed by atoms with van der Waals surface area (Å²) in [6.45, 7) is 3.34. The van der Waals surface area contributed by atoms with Crippen LogP contribution >= 0.6 is 11.3 Å². The number of amides is 2. The van der Waals surface area contributed by atoms with Gasteiger partial charge in [0, 0.05) is 30.2 Å². The number of carbonyl (C=O) groups is 2. The van der Waals surface area contributed by atoms with E-state index in [1.165, 1.54) is 11.3 Å². The summed E-state index contributed by atoms with van der Waals surface area (Å²) in [5, 5.41) is 8.99. The molecule has 8 heteroatoms. The minimum Gasteiger partial charge on any atom is -0.348 e. The van der Waals surface area contributed by atoms with Gasteiger partial charge >= 0.3 is 0 Å². The van der Waals surface area contributed by atoms with Crippen LogP contribution in [0.25, 0.3) is 0 Å². The van der Waals surface area contributed by atoms with Crippen molar-refractivity contribution < 1.29 is 9.59 Å². The third kappa shape index (κ3) is 3.61. The molecule has 138 valence electrons. The van der Waals surface area contributed by atoms with Crippen LogP contribution in [-0.2, 0) is 6.54 Å². The molecule has 0 saturated heterocycles. The molecular formula is C19H19N5O2S. The Balaban J connectivity index is 1.50. The molecule has 0 spiro atoms. The van der Waals surface area contributed by atoms with Crippen LogP contribution in [0.4, 0.5) is 0 Å². The highest BCUT2D eigenvalue weighted by Crippen LogP contribution is 2.22. The van der Waals surface area contributed by atoms with Crippen molar-refractivity contribution >= 4 is 23.2 Å². The highest BCUT2D eigenvalue weighted by Gasteiger charge is 2.29. The van der Waals surface area contributed by atoms with E-state index in [1.54, 1.807) is 17.1 Å². The van der Waals surface area contributed by atoms with E-state index >= 15 is 0 Å². The number of hydrogen-bond donors (Lipinski definition) is 1. The molecule has 0 unspecified atom stereocenters. The summed E-state index contributed by atoms with van der Waals surface area (Å²) in [4.78, 5) is 31.0. The maximum atomic E-state index is 13.0. The maximum absolute atomic E-state index is 13.0. The molecule has 7 nitrogen and oxygen atoms in total. The van der Waals surface area contributed by atoms with Crippen molar-refractivity contribution in [1.82, 2.24) is 25.0 Å². The van der Waals surface area contributed by atoms with Crippen LogP contribution in [0.15, 0.2) is 47.4 Å². The highest BCUT2D eigenvalue weighted by molar-refractivity contribution is 7.07. The smallest absolute Gasteiger partial charge is 0.270 e. The molecule has 0 bridgehead atoms. The van der Waals surface area contributed by atoms with Crippen LogP contribution in [0.3, 0.4) is 0 Å². The van der Waals surface area contributed by atoms with E-state index in [1.807, 2.05) is 46.8 Å². The minimum atomic E-state index is -0.216. The SMILES string of the molecule is Cc1cccc(C(=O)N2Cc3ccnn3[C@H](CNC(=O)c3cscn3)C2)c1. The Hall–Kier alpha value is -3.00. The van der Waals surface area contributed by atoms with Crippen molar-refractivity contribution in [1.29, 1.82) is 0 Å². The first-order valence-electron chi connectivity index (χ1n) is 8.66. The number of carbonyl (C=O) groups excluding carboxylic acids is 2. The number of rotatable bonds is 4. The minimum absolute atomic E-state index is 0.0121. The van der Waals surface area contributed by atoms with Crippen molar-refractivity contribution in [2.45, 2.75) is 19.5 Å². The molecule has 0 radical (unpaired) electrons. The van der Waals surface area contributed by atoms with Gasteiger partial charge in [-0.15, -0.1) is 11.3 Å². The fraction of sp³-hybridized carbons (Fsp3) is 0.263. The summed E-state index contributed by atoms with van der Waals surface area (Å²) >= 11 is 1.38. The van der Waals surface area contributed by atoms with E-state index < -0.39 is 0 Å². The second kappa shape index (κ2) is 7.32. The second-order valence-electron chi connectivity index (χ2n) is 6.56. The number of fused-ring (bicyclic) bond motifs is 1. The zero-order valence-corrected chi connectivity index (χ0v) is 15.6. The van der Waals surface area contributed by atoms with Crippen LogP contribution in [0, 0.1) is 6.92 Å². The Kier molecular flexibility index (Phi) is 4.72. The molecular weight excluding hydrogens is 362 g/mol. The molecule has 4 rings (SSSR count). The number of aromatic nitrogens is 3. The third-order valence-electron chi connectivity index (χ3n) is 4.60. The lowest BCUT2D eigenvalue weighted by Gasteiger charge is -2.34. The van der Waals surface area contributed by atoms with Gasteiger partial charge in [-0.25, -0.2) is 4.98 Å². The first-order valence-corrected chi connectivity index (χ1v) is 9.61. The zero-order chi connectivity index (χ0) is 18.8. The Bertz CT molecular complexity index is 966. The Morgan fingerprint density at radius 1 is 1.33 bits per heavy atom.